The molecule has 0 aliphatic carbocycles. The first-order valence-electron chi connectivity index (χ1n) is 9.57. The van der Waals surface area contributed by atoms with Gasteiger partial charge in [-0.25, -0.2) is 0 Å². The van der Waals surface area contributed by atoms with E-state index in [2.05, 4.69) is 31.8 Å². The molecule has 3 aliphatic heterocycles. The Balaban J connectivity index is 1.27. The van der Waals surface area contributed by atoms with Crippen molar-refractivity contribution >= 4 is 21.8 Å². The lowest BCUT2D eigenvalue weighted by atomic mass is 10.1. The van der Waals surface area contributed by atoms with Crippen LogP contribution in [0.4, 0.5) is 0 Å². The summed E-state index contributed by atoms with van der Waals surface area (Å²) in [5.74, 6) is 1.86. The fraction of sp³-hybridized carbons (Fsp3) is 0.632. The summed E-state index contributed by atoms with van der Waals surface area (Å²) in [6.45, 7) is 9.07. The fourth-order valence-corrected chi connectivity index (χ4v) is 4.13. The van der Waals surface area contributed by atoms with Crippen molar-refractivity contribution in [2.75, 3.05) is 72.2 Å². The summed E-state index contributed by atoms with van der Waals surface area (Å²) in [5.41, 5.74) is 1.21. The second-order valence-electron chi connectivity index (χ2n) is 7.13. The summed E-state index contributed by atoms with van der Waals surface area (Å²) in [5, 5.41) is 0. The molecule has 8 heteroatoms. The zero-order valence-electron chi connectivity index (χ0n) is 15.5. The highest BCUT2D eigenvalue weighted by Crippen LogP contribution is 2.36. The van der Waals surface area contributed by atoms with Gasteiger partial charge >= 0.3 is 0 Å². The maximum atomic E-state index is 12.4. The molecule has 0 aromatic heterocycles. The molecule has 0 saturated carbocycles. The van der Waals surface area contributed by atoms with Gasteiger partial charge in [0.15, 0.2) is 11.5 Å². The van der Waals surface area contributed by atoms with E-state index in [-0.39, 0.29) is 5.91 Å². The van der Waals surface area contributed by atoms with Gasteiger partial charge in [0, 0.05) is 50.3 Å². The minimum atomic E-state index is 0.223. The van der Waals surface area contributed by atoms with E-state index in [9.17, 15) is 4.79 Å². The number of ether oxygens (including phenoxy) is 3. The fourth-order valence-electron chi connectivity index (χ4n) is 3.68. The maximum Gasteiger partial charge on any atom is 0.236 e. The number of hydrogen-bond acceptors (Lipinski definition) is 6. The highest BCUT2D eigenvalue weighted by Gasteiger charge is 2.24. The van der Waals surface area contributed by atoms with E-state index in [0.717, 1.165) is 61.8 Å². The summed E-state index contributed by atoms with van der Waals surface area (Å²) in [4.78, 5) is 19.0. The van der Waals surface area contributed by atoms with Crippen LogP contribution in [0.5, 0.6) is 11.5 Å². The molecule has 27 heavy (non-hydrogen) atoms. The van der Waals surface area contributed by atoms with Gasteiger partial charge in [-0.1, -0.05) is 15.9 Å². The molecule has 1 amide bonds. The summed E-state index contributed by atoms with van der Waals surface area (Å²) < 4.78 is 17.7. The van der Waals surface area contributed by atoms with E-state index < -0.39 is 0 Å². The molecule has 4 rings (SSSR count). The lowest BCUT2D eigenvalue weighted by Gasteiger charge is -2.36. The second kappa shape index (κ2) is 8.77. The second-order valence-corrected chi connectivity index (χ2v) is 7.99. The average molecular weight is 440 g/mol. The number of morpholine rings is 1. The van der Waals surface area contributed by atoms with Crippen molar-refractivity contribution in [3.05, 3.63) is 22.2 Å². The largest absolute Gasteiger partial charge is 0.486 e. The van der Waals surface area contributed by atoms with Crippen LogP contribution in [0.3, 0.4) is 0 Å². The average Bonchev–Trinajstić information content (AvgIpc) is 2.70. The van der Waals surface area contributed by atoms with Crippen LogP contribution in [0.2, 0.25) is 0 Å². The van der Waals surface area contributed by atoms with Crippen LogP contribution in [0, 0.1) is 0 Å². The molecular weight excluding hydrogens is 414 g/mol. The standard InChI is InChI=1S/C19H26BrN3O4/c20-16-12-18-17(26-9-10-27-18)11-15(16)13-21-1-3-22(4-2-21)14-19(24)23-5-7-25-8-6-23/h11-12H,1-10,13-14H2. The third kappa shape index (κ3) is 4.74. The Hall–Kier alpha value is -1.35. The van der Waals surface area contributed by atoms with E-state index >= 15 is 0 Å². The van der Waals surface area contributed by atoms with Crippen LogP contribution >= 0.6 is 15.9 Å². The van der Waals surface area contributed by atoms with Gasteiger partial charge in [0.1, 0.15) is 13.2 Å². The van der Waals surface area contributed by atoms with E-state index in [1.807, 2.05) is 11.0 Å². The third-order valence-corrected chi connectivity index (χ3v) is 6.03. The first kappa shape index (κ1) is 19.0. The van der Waals surface area contributed by atoms with Crippen LogP contribution in [-0.4, -0.2) is 92.8 Å². The van der Waals surface area contributed by atoms with Crippen molar-refractivity contribution < 1.29 is 19.0 Å². The van der Waals surface area contributed by atoms with Gasteiger partial charge in [0.25, 0.3) is 0 Å². The Bertz CT molecular complexity index is 673. The molecule has 0 radical (unpaired) electrons. The molecule has 0 unspecified atom stereocenters. The number of halogens is 1. The summed E-state index contributed by atoms with van der Waals surface area (Å²) in [7, 11) is 0. The molecular formula is C19H26BrN3O4. The molecule has 0 spiro atoms. The van der Waals surface area contributed by atoms with Gasteiger partial charge in [0.2, 0.25) is 5.91 Å². The number of piperazine rings is 1. The Kier molecular flexibility index (Phi) is 6.17. The molecule has 2 fully saturated rings. The smallest absolute Gasteiger partial charge is 0.236 e. The molecule has 0 bridgehead atoms. The first-order chi connectivity index (χ1) is 13.2. The minimum absolute atomic E-state index is 0.223. The van der Waals surface area contributed by atoms with E-state index in [1.165, 1.54) is 5.56 Å². The first-order valence-corrected chi connectivity index (χ1v) is 10.4. The zero-order valence-corrected chi connectivity index (χ0v) is 17.1. The lowest BCUT2D eigenvalue weighted by molar-refractivity contribution is -0.136. The van der Waals surface area contributed by atoms with Gasteiger partial charge < -0.3 is 19.1 Å². The normalized spacial score (nSPS) is 21.3. The molecule has 0 atom stereocenters. The van der Waals surface area contributed by atoms with E-state index in [0.29, 0.717) is 33.0 Å². The number of carbonyl (C=O) groups excluding carboxylic acids is 1. The Morgan fingerprint density at radius 1 is 0.889 bits per heavy atom. The molecule has 0 N–H and O–H groups in total. The van der Waals surface area contributed by atoms with Gasteiger partial charge in [-0.2, -0.15) is 0 Å². The predicted molar refractivity (Wildman–Crippen MR) is 104 cm³/mol. The van der Waals surface area contributed by atoms with Crippen LogP contribution in [0.1, 0.15) is 5.56 Å². The molecule has 7 nitrogen and oxygen atoms in total. The van der Waals surface area contributed by atoms with Crippen LogP contribution in [0.25, 0.3) is 0 Å². The molecule has 3 heterocycles. The number of rotatable bonds is 4. The third-order valence-electron chi connectivity index (χ3n) is 5.29. The van der Waals surface area contributed by atoms with E-state index in [1.54, 1.807) is 0 Å². The van der Waals surface area contributed by atoms with Crippen LogP contribution < -0.4 is 9.47 Å². The highest BCUT2D eigenvalue weighted by atomic mass is 79.9. The zero-order chi connectivity index (χ0) is 18.6. The van der Waals surface area contributed by atoms with Crippen molar-refractivity contribution in [3.8, 4) is 11.5 Å². The van der Waals surface area contributed by atoms with Crippen molar-refractivity contribution in [3.63, 3.8) is 0 Å². The van der Waals surface area contributed by atoms with Gasteiger partial charge in [-0.15, -0.1) is 0 Å². The van der Waals surface area contributed by atoms with Gasteiger partial charge in [-0.3, -0.25) is 14.6 Å². The van der Waals surface area contributed by atoms with Crippen molar-refractivity contribution in [1.29, 1.82) is 0 Å². The molecule has 1 aromatic rings. The summed E-state index contributed by atoms with van der Waals surface area (Å²) in [6.07, 6.45) is 0. The summed E-state index contributed by atoms with van der Waals surface area (Å²) in [6, 6.07) is 4.08. The Morgan fingerprint density at radius 2 is 1.52 bits per heavy atom. The predicted octanol–water partition coefficient (Wildman–Crippen LogP) is 1.20. The quantitative estimate of drug-likeness (QED) is 0.702. The SMILES string of the molecule is O=C(CN1CCN(Cc2cc3c(cc2Br)OCCO3)CC1)N1CCOCC1. The van der Waals surface area contributed by atoms with Gasteiger partial charge in [-0.05, 0) is 17.7 Å². The van der Waals surface area contributed by atoms with Crippen molar-refractivity contribution in [1.82, 2.24) is 14.7 Å². The van der Waals surface area contributed by atoms with Crippen molar-refractivity contribution in [2.45, 2.75) is 6.54 Å². The maximum absolute atomic E-state index is 12.4. The molecule has 1 aromatic carbocycles. The van der Waals surface area contributed by atoms with Crippen molar-refractivity contribution in [2.24, 2.45) is 0 Å². The summed E-state index contributed by atoms with van der Waals surface area (Å²) >= 11 is 3.66. The van der Waals surface area contributed by atoms with Gasteiger partial charge in [0.05, 0.1) is 19.8 Å². The number of nitrogens with zero attached hydrogens (tertiary/aromatic N) is 3. The number of fused-ring (bicyclic) bond motifs is 1. The molecule has 148 valence electrons. The monoisotopic (exact) mass is 439 g/mol. The molecule has 3 aliphatic rings. The Morgan fingerprint density at radius 3 is 2.22 bits per heavy atom. The molecule has 2 saturated heterocycles. The van der Waals surface area contributed by atoms with E-state index in [4.69, 9.17) is 14.2 Å². The lowest BCUT2D eigenvalue weighted by Crippen LogP contribution is -2.51. The number of amides is 1. The van der Waals surface area contributed by atoms with Crippen LogP contribution in [-0.2, 0) is 16.1 Å². The number of benzene rings is 1. The Labute approximate surface area is 168 Å². The minimum Gasteiger partial charge on any atom is -0.486 e. The van der Waals surface area contributed by atoms with Crippen LogP contribution in [0.15, 0.2) is 16.6 Å². The number of hydrogen-bond donors (Lipinski definition) is 0. The topological polar surface area (TPSA) is 54.5 Å². The highest BCUT2D eigenvalue weighted by molar-refractivity contribution is 9.10. The number of carbonyl (C=O) groups is 1.